The lowest BCUT2D eigenvalue weighted by atomic mass is 9.93. The van der Waals surface area contributed by atoms with E-state index in [1.165, 1.54) is 10.4 Å². The molecule has 0 amide bonds. The Morgan fingerprint density at radius 1 is 0.875 bits per heavy atom. The van der Waals surface area contributed by atoms with Gasteiger partial charge in [-0.15, -0.1) is 0 Å². The minimum Gasteiger partial charge on any atom is -0.497 e. The molecule has 2 aliphatic rings. The maximum atomic E-state index is 7.07. The lowest BCUT2D eigenvalue weighted by Gasteiger charge is -2.44. The van der Waals surface area contributed by atoms with E-state index < -0.39 is 14.6 Å². The van der Waals surface area contributed by atoms with Crippen LogP contribution in [0.1, 0.15) is 51.9 Å². The number of hydrogen-bond acceptors (Lipinski definition) is 5. The third-order valence-corrected chi connectivity index (χ3v) is 13.1. The molecule has 2 saturated heterocycles. The Balaban J connectivity index is 1.21. The fourth-order valence-electron chi connectivity index (χ4n) is 6.11. The fraction of sp³-hybridized carbons (Fsp3) is 0.412. The van der Waals surface area contributed by atoms with Gasteiger partial charge in [0.25, 0.3) is 8.32 Å². The highest BCUT2D eigenvalue weighted by molar-refractivity contribution is 6.99. The third kappa shape index (κ3) is 5.97. The Morgan fingerprint density at radius 2 is 1.50 bits per heavy atom. The van der Waals surface area contributed by atoms with Gasteiger partial charge in [-0.05, 0) is 52.4 Å². The molecule has 2 heterocycles. The smallest absolute Gasteiger partial charge is 0.261 e. The Kier molecular flexibility index (Phi) is 8.93. The van der Waals surface area contributed by atoms with Crippen LogP contribution in [0.4, 0.5) is 0 Å². The first kappa shape index (κ1) is 28.8. The second kappa shape index (κ2) is 12.4. The summed E-state index contributed by atoms with van der Waals surface area (Å²) in [5.74, 6) is 0.810. The molecule has 40 heavy (non-hydrogen) atoms. The molecule has 2 aliphatic heterocycles. The summed E-state index contributed by atoms with van der Waals surface area (Å²) in [6.45, 7) is 12.5. The van der Waals surface area contributed by atoms with Crippen LogP contribution in [-0.4, -0.2) is 47.0 Å². The van der Waals surface area contributed by atoms with Gasteiger partial charge >= 0.3 is 0 Å². The summed E-state index contributed by atoms with van der Waals surface area (Å²) in [7, 11) is -0.869. The number of methoxy groups -OCH3 is 1. The number of fused-ring (bicyclic) bond motifs is 1. The van der Waals surface area contributed by atoms with E-state index in [2.05, 4.69) is 88.0 Å². The molecule has 4 atom stereocenters. The van der Waals surface area contributed by atoms with Gasteiger partial charge in [0.1, 0.15) is 18.0 Å². The molecule has 6 heteroatoms. The van der Waals surface area contributed by atoms with Crippen molar-refractivity contribution in [1.29, 1.82) is 0 Å². The summed E-state index contributed by atoms with van der Waals surface area (Å²) in [4.78, 5) is 0. The first-order chi connectivity index (χ1) is 19.3. The van der Waals surface area contributed by atoms with Gasteiger partial charge in [-0.3, -0.25) is 0 Å². The van der Waals surface area contributed by atoms with Gasteiger partial charge < -0.3 is 23.4 Å². The quantitative estimate of drug-likeness (QED) is 0.178. The second-order valence-corrected chi connectivity index (χ2v) is 16.1. The van der Waals surface area contributed by atoms with Crippen molar-refractivity contribution < 1.29 is 23.4 Å². The summed E-state index contributed by atoms with van der Waals surface area (Å²) in [6.07, 6.45) is 1.96. The largest absolute Gasteiger partial charge is 0.497 e. The summed E-state index contributed by atoms with van der Waals surface area (Å²) in [5, 5.41) is 2.58. The second-order valence-electron chi connectivity index (χ2n) is 11.8. The van der Waals surface area contributed by atoms with E-state index in [1.54, 1.807) is 7.11 Å². The van der Waals surface area contributed by atoms with E-state index in [-0.39, 0.29) is 23.4 Å². The van der Waals surface area contributed by atoms with Crippen molar-refractivity contribution >= 4 is 18.7 Å². The maximum Gasteiger partial charge on any atom is 0.261 e. The first-order valence-corrected chi connectivity index (χ1v) is 16.2. The number of hydrogen-bond donors (Lipinski definition) is 0. The van der Waals surface area contributed by atoms with Crippen LogP contribution in [0.3, 0.4) is 0 Å². The van der Waals surface area contributed by atoms with Crippen LogP contribution in [0.5, 0.6) is 5.75 Å². The maximum absolute atomic E-state index is 7.07. The zero-order valence-electron chi connectivity index (χ0n) is 24.2. The molecule has 0 spiro atoms. The van der Waals surface area contributed by atoms with Crippen molar-refractivity contribution in [3.05, 3.63) is 103 Å². The molecular formula is C34H42O5Si. The Bertz CT molecular complexity index is 1200. The summed E-state index contributed by atoms with van der Waals surface area (Å²) < 4.78 is 31.2. The van der Waals surface area contributed by atoms with E-state index in [0.717, 1.165) is 36.1 Å². The Hall–Kier alpha value is -2.74. The molecule has 5 nitrogen and oxygen atoms in total. The highest BCUT2D eigenvalue weighted by Gasteiger charge is 2.50. The molecule has 1 unspecified atom stereocenters. The van der Waals surface area contributed by atoms with E-state index in [1.807, 2.05) is 24.3 Å². The zero-order chi connectivity index (χ0) is 28.2. The van der Waals surface area contributed by atoms with Crippen LogP contribution in [0, 0.1) is 0 Å². The fourth-order valence-corrected chi connectivity index (χ4v) is 10.7. The molecule has 0 bridgehead atoms. The molecule has 2 fully saturated rings. The number of ether oxygens (including phenoxy) is 4. The lowest BCUT2D eigenvalue weighted by Crippen LogP contribution is -2.66. The highest BCUT2D eigenvalue weighted by Crippen LogP contribution is 2.38. The van der Waals surface area contributed by atoms with Crippen molar-refractivity contribution in [2.45, 2.75) is 69.7 Å². The van der Waals surface area contributed by atoms with Gasteiger partial charge in [0.05, 0.1) is 19.8 Å². The Morgan fingerprint density at radius 3 is 2.08 bits per heavy atom. The third-order valence-electron chi connectivity index (χ3n) is 8.07. The SMILES string of the molecule is C=C1C[C@@H](CCCO[Si](c2ccccc2)(c2ccccc2)C(C)(C)C)O[C@@H]2COC(c3ccc(OC)cc3)O[C@@H]12. The summed E-state index contributed by atoms with van der Waals surface area (Å²) >= 11 is 0. The van der Waals surface area contributed by atoms with Gasteiger partial charge in [0.2, 0.25) is 0 Å². The van der Waals surface area contributed by atoms with Crippen LogP contribution >= 0.6 is 0 Å². The lowest BCUT2D eigenvalue weighted by molar-refractivity contribution is -0.273. The van der Waals surface area contributed by atoms with E-state index in [4.69, 9.17) is 23.4 Å². The van der Waals surface area contributed by atoms with Crippen molar-refractivity contribution in [2.75, 3.05) is 20.3 Å². The molecule has 5 rings (SSSR count). The average Bonchev–Trinajstić information content (AvgIpc) is 2.97. The van der Waals surface area contributed by atoms with Crippen LogP contribution in [0.15, 0.2) is 97.1 Å². The van der Waals surface area contributed by atoms with Crippen LogP contribution in [-0.2, 0) is 18.6 Å². The molecule has 0 aliphatic carbocycles. The molecular weight excluding hydrogens is 516 g/mol. The van der Waals surface area contributed by atoms with E-state index >= 15 is 0 Å². The van der Waals surface area contributed by atoms with Crippen molar-refractivity contribution in [1.82, 2.24) is 0 Å². The van der Waals surface area contributed by atoms with Gasteiger partial charge in [-0.2, -0.15) is 0 Å². The number of benzene rings is 3. The molecule has 3 aromatic rings. The molecule has 0 N–H and O–H groups in total. The van der Waals surface area contributed by atoms with Crippen LogP contribution < -0.4 is 15.1 Å². The minimum atomic E-state index is -2.53. The van der Waals surface area contributed by atoms with Crippen molar-refractivity contribution in [2.24, 2.45) is 0 Å². The minimum absolute atomic E-state index is 0.0320. The van der Waals surface area contributed by atoms with Gasteiger partial charge in [-0.25, -0.2) is 0 Å². The molecule has 0 saturated carbocycles. The van der Waals surface area contributed by atoms with Gasteiger partial charge in [-0.1, -0.05) is 100 Å². The van der Waals surface area contributed by atoms with Crippen LogP contribution in [0.25, 0.3) is 0 Å². The molecule has 212 valence electrons. The van der Waals surface area contributed by atoms with Crippen LogP contribution in [0.2, 0.25) is 5.04 Å². The van der Waals surface area contributed by atoms with E-state index in [0.29, 0.717) is 13.2 Å². The highest BCUT2D eigenvalue weighted by atomic mass is 28.4. The topological polar surface area (TPSA) is 46.2 Å². The monoisotopic (exact) mass is 558 g/mol. The Labute approximate surface area is 240 Å². The summed E-state index contributed by atoms with van der Waals surface area (Å²) in [5.41, 5.74) is 2.05. The van der Waals surface area contributed by atoms with Crippen molar-refractivity contribution in [3.63, 3.8) is 0 Å². The van der Waals surface area contributed by atoms with Gasteiger partial charge in [0.15, 0.2) is 6.29 Å². The standard InChI is InChI=1S/C34H42O5Si/c1-25-23-28(38-31-24-36-33(39-32(25)31)26-18-20-27(35-5)21-19-26)13-12-22-37-40(34(2,3)4,29-14-8-6-9-15-29)30-16-10-7-11-17-30/h6-11,14-21,28,31-33H,1,12-13,22-24H2,2-5H3/t28-,31-,32+,33?/m1/s1. The first-order valence-electron chi connectivity index (χ1n) is 14.3. The molecule has 3 aromatic carbocycles. The average molecular weight is 559 g/mol. The molecule has 0 aromatic heterocycles. The number of rotatable bonds is 9. The predicted octanol–water partition coefficient (Wildman–Crippen LogP) is 6.18. The normalized spacial score (nSPS) is 23.4. The molecule has 0 radical (unpaired) electrons. The van der Waals surface area contributed by atoms with Crippen molar-refractivity contribution in [3.8, 4) is 5.75 Å². The van der Waals surface area contributed by atoms with Gasteiger partial charge in [0, 0.05) is 12.2 Å². The van der Waals surface area contributed by atoms with E-state index in [9.17, 15) is 0 Å². The zero-order valence-corrected chi connectivity index (χ0v) is 25.2. The predicted molar refractivity (Wildman–Crippen MR) is 162 cm³/mol. The summed E-state index contributed by atoms with van der Waals surface area (Å²) in [6, 6.07) is 29.4.